The zero-order chi connectivity index (χ0) is 14.7. The summed E-state index contributed by atoms with van der Waals surface area (Å²) in [5.41, 5.74) is 12.6. The average Bonchev–Trinajstić information content (AvgIpc) is 2.74. The van der Waals surface area contributed by atoms with Gasteiger partial charge in [-0.05, 0) is 51.3 Å². The molecule has 0 aliphatic carbocycles. The van der Waals surface area contributed by atoms with Crippen molar-refractivity contribution in [1.82, 2.24) is 9.78 Å². The van der Waals surface area contributed by atoms with E-state index in [-0.39, 0.29) is 6.04 Å². The van der Waals surface area contributed by atoms with Crippen LogP contribution in [0.1, 0.15) is 35.0 Å². The van der Waals surface area contributed by atoms with E-state index < -0.39 is 0 Å². The maximum absolute atomic E-state index is 6.35. The number of nitrogens with two attached hydrogens (primary N) is 1. The van der Waals surface area contributed by atoms with Crippen LogP contribution >= 0.6 is 0 Å². The van der Waals surface area contributed by atoms with E-state index in [1.54, 1.807) is 0 Å². The molecular weight excluding hydrogens is 246 g/mol. The number of nitrogens with zero attached hydrogens (tertiary/aromatic N) is 2. The first kappa shape index (κ1) is 14.8. The molecule has 0 aliphatic rings. The largest absolute Gasteiger partial charge is 0.327 e. The van der Waals surface area contributed by atoms with Gasteiger partial charge in [-0.3, -0.25) is 4.68 Å². The van der Waals surface area contributed by atoms with Gasteiger partial charge in [0.25, 0.3) is 0 Å². The highest BCUT2D eigenvalue weighted by Gasteiger charge is 2.11. The van der Waals surface area contributed by atoms with Crippen LogP contribution in [0.5, 0.6) is 0 Å². The van der Waals surface area contributed by atoms with Gasteiger partial charge in [-0.2, -0.15) is 5.10 Å². The van der Waals surface area contributed by atoms with Crippen LogP contribution in [0.25, 0.3) is 0 Å². The molecule has 2 aromatic rings. The van der Waals surface area contributed by atoms with E-state index in [0.29, 0.717) is 0 Å². The van der Waals surface area contributed by atoms with E-state index in [0.717, 1.165) is 25.1 Å². The first-order valence-corrected chi connectivity index (χ1v) is 7.34. The van der Waals surface area contributed by atoms with Crippen molar-refractivity contribution < 1.29 is 0 Å². The van der Waals surface area contributed by atoms with E-state index in [1.165, 1.54) is 22.4 Å². The van der Waals surface area contributed by atoms with Gasteiger partial charge in [0.1, 0.15) is 0 Å². The van der Waals surface area contributed by atoms with Gasteiger partial charge in [0.15, 0.2) is 0 Å². The number of rotatable bonds is 5. The maximum Gasteiger partial charge on any atom is 0.0596 e. The Morgan fingerprint density at radius 2 is 1.90 bits per heavy atom. The second-order valence-corrected chi connectivity index (χ2v) is 5.69. The molecule has 0 spiro atoms. The number of aromatic nitrogens is 2. The minimum absolute atomic E-state index is 0.136. The van der Waals surface area contributed by atoms with Crippen LogP contribution in [-0.2, 0) is 19.4 Å². The van der Waals surface area contributed by atoms with E-state index in [9.17, 15) is 0 Å². The molecule has 0 bridgehead atoms. The Bertz CT molecular complexity index is 584. The van der Waals surface area contributed by atoms with Crippen LogP contribution in [0, 0.1) is 20.8 Å². The molecule has 0 fully saturated rings. The lowest BCUT2D eigenvalue weighted by Crippen LogP contribution is -2.27. The van der Waals surface area contributed by atoms with E-state index in [2.05, 4.69) is 54.8 Å². The van der Waals surface area contributed by atoms with Crippen molar-refractivity contribution in [2.75, 3.05) is 0 Å². The molecule has 1 unspecified atom stereocenters. The molecule has 1 aromatic carbocycles. The number of hydrogen-bond donors (Lipinski definition) is 1. The summed E-state index contributed by atoms with van der Waals surface area (Å²) in [6.07, 6.45) is 1.80. The quantitative estimate of drug-likeness (QED) is 0.908. The van der Waals surface area contributed by atoms with Crippen molar-refractivity contribution in [3.05, 3.63) is 52.3 Å². The first-order valence-electron chi connectivity index (χ1n) is 7.34. The number of benzene rings is 1. The van der Waals surface area contributed by atoms with E-state index in [1.807, 2.05) is 6.92 Å². The highest BCUT2D eigenvalue weighted by molar-refractivity contribution is 5.31. The van der Waals surface area contributed by atoms with Crippen LogP contribution in [0.3, 0.4) is 0 Å². The summed E-state index contributed by atoms with van der Waals surface area (Å²) in [5, 5.41) is 4.48. The van der Waals surface area contributed by atoms with Crippen molar-refractivity contribution in [2.45, 2.75) is 53.1 Å². The maximum atomic E-state index is 6.35. The van der Waals surface area contributed by atoms with Crippen molar-refractivity contribution in [1.29, 1.82) is 0 Å². The molecule has 0 amide bonds. The van der Waals surface area contributed by atoms with Crippen LogP contribution in [0.2, 0.25) is 0 Å². The third-order valence-electron chi connectivity index (χ3n) is 3.74. The topological polar surface area (TPSA) is 43.8 Å². The molecule has 1 aromatic heterocycles. The Morgan fingerprint density at radius 1 is 1.15 bits per heavy atom. The van der Waals surface area contributed by atoms with E-state index >= 15 is 0 Å². The molecule has 3 heteroatoms. The molecule has 0 saturated heterocycles. The summed E-state index contributed by atoms with van der Waals surface area (Å²) in [6.45, 7) is 9.34. The zero-order valence-electron chi connectivity index (χ0n) is 13.0. The molecule has 20 heavy (non-hydrogen) atoms. The van der Waals surface area contributed by atoms with Gasteiger partial charge in [-0.1, -0.05) is 23.8 Å². The SMILES string of the molecule is CCn1nc(C)cc1CC(N)Cc1cc(C)ccc1C. The highest BCUT2D eigenvalue weighted by Crippen LogP contribution is 2.14. The van der Waals surface area contributed by atoms with Gasteiger partial charge in [0, 0.05) is 24.7 Å². The van der Waals surface area contributed by atoms with Gasteiger partial charge in [0.2, 0.25) is 0 Å². The predicted octanol–water partition coefficient (Wildman–Crippen LogP) is 2.94. The Hall–Kier alpha value is -1.61. The summed E-state index contributed by atoms with van der Waals surface area (Å²) < 4.78 is 2.05. The van der Waals surface area contributed by atoms with Gasteiger partial charge in [-0.15, -0.1) is 0 Å². The monoisotopic (exact) mass is 271 g/mol. The Kier molecular flexibility index (Phi) is 4.61. The average molecular weight is 271 g/mol. The molecule has 1 atom stereocenters. The summed E-state index contributed by atoms with van der Waals surface area (Å²) in [6, 6.07) is 8.86. The van der Waals surface area contributed by atoms with Gasteiger partial charge >= 0.3 is 0 Å². The predicted molar refractivity (Wildman–Crippen MR) is 83.9 cm³/mol. The molecule has 2 rings (SSSR count). The fourth-order valence-corrected chi connectivity index (χ4v) is 2.68. The lowest BCUT2D eigenvalue weighted by atomic mass is 9.97. The molecular formula is C17H25N3. The van der Waals surface area contributed by atoms with Gasteiger partial charge in [-0.25, -0.2) is 0 Å². The van der Waals surface area contributed by atoms with Crippen molar-refractivity contribution in [2.24, 2.45) is 5.73 Å². The Balaban J connectivity index is 2.08. The molecule has 0 saturated carbocycles. The molecule has 108 valence electrons. The summed E-state index contributed by atoms with van der Waals surface area (Å²) in [4.78, 5) is 0. The summed E-state index contributed by atoms with van der Waals surface area (Å²) >= 11 is 0. The number of hydrogen-bond acceptors (Lipinski definition) is 2. The standard InChI is InChI=1S/C17H25N3/c1-5-20-17(9-14(4)19-20)11-16(18)10-15-8-12(2)6-7-13(15)3/h6-9,16H,5,10-11,18H2,1-4H3. The Morgan fingerprint density at radius 3 is 2.60 bits per heavy atom. The molecule has 0 aliphatic heterocycles. The second kappa shape index (κ2) is 6.23. The minimum atomic E-state index is 0.136. The third kappa shape index (κ3) is 3.48. The van der Waals surface area contributed by atoms with Crippen LogP contribution in [-0.4, -0.2) is 15.8 Å². The van der Waals surface area contributed by atoms with Crippen molar-refractivity contribution >= 4 is 0 Å². The zero-order valence-corrected chi connectivity index (χ0v) is 13.0. The van der Waals surface area contributed by atoms with Crippen LogP contribution in [0.15, 0.2) is 24.3 Å². The first-order chi connectivity index (χ1) is 9.49. The van der Waals surface area contributed by atoms with Gasteiger partial charge in [0.05, 0.1) is 5.69 Å². The van der Waals surface area contributed by atoms with Crippen molar-refractivity contribution in [3.63, 3.8) is 0 Å². The van der Waals surface area contributed by atoms with Crippen LogP contribution in [0.4, 0.5) is 0 Å². The fourth-order valence-electron chi connectivity index (χ4n) is 2.68. The van der Waals surface area contributed by atoms with Crippen molar-refractivity contribution in [3.8, 4) is 0 Å². The smallest absolute Gasteiger partial charge is 0.0596 e. The molecule has 3 nitrogen and oxygen atoms in total. The Labute approximate surface area is 121 Å². The lowest BCUT2D eigenvalue weighted by molar-refractivity contribution is 0.574. The highest BCUT2D eigenvalue weighted by atomic mass is 15.3. The summed E-state index contributed by atoms with van der Waals surface area (Å²) in [5.74, 6) is 0. The van der Waals surface area contributed by atoms with Gasteiger partial charge < -0.3 is 5.73 Å². The number of aryl methyl sites for hydroxylation is 4. The fraction of sp³-hybridized carbons (Fsp3) is 0.471. The molecule has 1 heterocycles. The minimum Gasteiger partial charge on any atom is -0.327 e. The molecule has 0 radical (unpaired) electrons. The normalized spacial score (nSPS) is 12.7. The van der Waals surface area contributed by atoms with Crippen LogP contribution < -0.4 is 5.73 Å². The second-order valence-electron chi connectivity index (χ2n) is 5.69. The third-order valence-corrected chi connectivity index (χ3v) is 3.74. The van der Waals surface area contributed by atoms with E-state index in [4.69, 9.17) is 5.73 Å². The lowest BCUT2D eigenvalue weighted by Gasteiger charge is -2.15. The summed E-state index contributed by atoms with van der Waals surface area (Å²) in [7, 11) is 0. The molecule has 2 N–H and O–H groups in total.